The van der Waals surface area contributed by atoms with Gasteiger partial charge in [-0.15, -0.1) is 0 Å². The molecule has 0 spiro atoms. The van der Waals surface area contributed by atoms with Crippen molar-refractivity contribution in [3.05, 3.63) is 24.3 Å². The molecule has 0 aromatic rings. The van der Waals surface area contributed by atoms with Crippen LogP contribution in [0.15, 0.2) is 24.3 Å². The first kappa shape index (κ1) is 55.6. The number of aliphatic hydroxyl groups excluding tert-OH is 8. The van der Waals surface area contributed by atoms with Gasteiger partial charge in [0.1, 0.15) is 48.8 Å². The molecule has 61 heavy (non-hydrogen) atoms. The molecule has 2 rings (SSSR count). The summed E-state index contributed by atoms with van der Waals surface area (Å²) in [7, 11) is 0. The van der Waals surface area contributed by atoms with Gasteiger partial charge in [0.15, 0.2) is 12.6 Å². The van der Waals surface area contributed by atoms with Crippen molar-refractivity contribution in [1.29, 1.82) is 0 Å². The minimum Gasteiger partial charge on any atom is -0.394 e. The first-order valence-corrected chi connectivity index (χ1v) is 24.1. The lowest BCUT2D eigenvalue weighted by molar-refractivity contribution is -0.359. The van der Waals surface area contributed by atoms with E-state index in [2.05, 4.69) is 31.3 Å². The first-order valence-electron chi connectivity index (χ1n) is 24.1. The molecule has 0 saturated carbocycles. The predicted molar refractivity (Wildman–Crippen MR) is 235 cm³/mol. The standard InChI is InChI=1S/C47H87NO13/c1-3-5-7-9-10-11-12-13-14-15-16-17-18-19-20-21-22-23-24-25-26-27-29-31-39(52)48-35(36(51)30-28-8-6-4-2)34-58-46-44(57)42(55)45(38(33-50)60-46)61-47-43(56)41(54)40(53)37(32-49)59-47/h15-16,28,30,35-38,40-47,49-51,53-57H,3-14,17-27,29,31-34H2,1-2H3,(H,48,52)/b16-15-,30-28+. The Labute approximate surface area is 367 Å². The Morgan fingerprint density at radius 2 is 1.05 bits per heavy atom. The Bertz CT molecular complexity index is 1130. The minimum atomic E-state index is -1.78. The average Bonchev–Trinajstić information content (AvgIpc) is 3.26. The highest BCUT2D eigenvalue weighted by Gasteiger charge is 2.51. The van der Waals surface area contributed by atoms with Gasteiger partial charge in [0.05, 0.1) is 32.0 Å². The van der Waals surface area contributed by atoms with Gasteiger partial charge in [-0.3, -0.25) is 4.79 Å². The highest BCUT2D eigenvalue weighted by Crippen LogP contribution is 2.30. The van der Waals surface area contributed by atoms with Crippen molar-refractivity contribution in [3.8, 4) is 0 Å². The number of hydrogen-bond donors (Lipinski definition) is 9. The number of amides is 1. The number of carbonyl (C=O) groups excluding carboxylic acids is 1. The van der Waals surface area contributed by atoms with Crippen LogP contribution in [0.3, 0.4) is 0 Å². The number of carbonyl (C=O) groups is 1. The van der Waals surface area contributed by atoms with Crippen molar-refractivity contribution in [2.24, 2.45) is 0 Å². The smallest absolute Gasteiger partial charge is 0.220 e. The van der Waals surface area contributed by atoms with Crippen LogP contribution in [0.5, 0.6) is 0 Å². The molecule has 358 valence electrons. The fourth-order valence-electron chi connectivity index (χ4n) is 7.86. The van der Waals surface area contributed by atoms with E-state index >= 15 is 0 Å². The second-order valence-corrected chi connectivity index (χ2v) is 17.2. The topological polar surface area (TPSA) is 228 Å². The number of ether oxygens (including phenoxy) is 4. The van der Waals surface area contributed by atoms with Gasteiger partial charge in [-0.1, -0.05) is 154 Å². The number of aliphatic hydroxyl groups is 8. The number of allylic oxidation sites excluding steroid dienone is 3. The second-order valence-electron chi connectivity index (χ2n) is 17.2. The van der Waals surface area contributed by atoms with Crippen molar-refractivity contribution >= 4 is 5.91 Å². The Balaban J connectivity index is 1.67. The summed E-state index contributed by atoms with van der Waals surface area (Å²) in [6, 6.07) is -0.907. The van der Waals surface area contributed by atoms with E-state index in [9.17, 15) is 45.6 Å². The highest BCUT2D eigenvalue weighted by atomic mass is 16.7. The van der Waals surface area contributed by atoms with Gasteiger partial charge in [-0.2, -0.15) is 0 Å². The molecule has 2 heterocycles. The van der Waals surface area contributed by atoms with Gasteiger partial charge in [0.2, 0.25) is 5.91 Å². The fourth-order valence-corrected chi connectivity index (χ4v) is 7.86. The first-order chi connectivity index (χ1) is 29.6. The Kier molecular flexibility index (Phi) is 31.7. The molecule has 0 aromatic heterocycles. The summed E-state index contributed by atoms with van der Waals surface area (Å²) in [5.41, 5.74) is 0. The van der Waals surface area contributed by atoms with Crippen LogP contribution in [0.2, 0.25) is 0 Å². The van der Waals surface area contributed by atoms with E-state index in [1.165, 1.54) is 109 Å². The molecule has 9 N–H and O–H groups in total. The Morgan fingerprint density at radius 1 is 0.574 bits per heavy atom. The van der Waals surface area contributed by atoms with Crippen LogP contribution in [0, 0.1) is 0 Å². The van der Waals surface area contributed by atoms with Crippen molar-refractivity contribution < 1.29 is 64.6 Å². The third-order valence-corrected chi connectivity index (χ3v) is 11.9. The zero-order chi connectivity index (χ0) is 44.7. The van der Waals surface area contributed by atoms with E-state index in [1.807, 2.05) is 6.08 Å². The molecule has 0 bridgehead atoms. The molecule has 1 amide bonds. The van der Waals surface area contributed by atoms with Crippen LogP contribution in [-0.4, -0.2) is 140 Å². The molecule has 12 atom stereocenters. The van der Waals surface area contributed by atoms with Gasteiger partial charge in [0, 0.05) is 6.42 Å². The molecule has 2 fully saturated rings. The van der Waals surface area contributed by atoms with Crippen molar-refractivity contribution in [2.75, 3.05) is 19.8 Å². The van der Waals surface area contributed by atoms with E-state index in [4.69, 9.17) is 18.9 Å². The molecule has 2 aliphatic heterocycles. The SMILES string of the molecule is CCCC/C=C/C(O)C(COC1OC(CO)C(OC2OC(CO)C(O)C(O)C2O)C(O)C1O)NC(=O)CCCCCCCCCCCCC/C=C\CCCCCCCCCC. The largest absolute Gasteiger partial charge is 0.394 e. The molecule has 12 unspecified atom stereocenters. The second kappa shape index (κ2) is 34.8. The van der Waals surface area contributed by atoms with E-state index in [0.717, 1.165) is 38.5 Å². The van der Waals surface area contributed by atoms with Gasteiger partial charge in [-0.05, 0) is 38.5 Å². The lowest BCUT2D eigenvalue weighted by atomic mass is 9.97. The predicted octanol–water partition coefficient (Wildman–Crippen LogP) is 5.38. The maximum Gasteiger partial charge on any atom is 0.220 e. The molecule has 0 aliphatic carbocycles. The number of rotatable bonds is 36. The lowest BCUT2D eigenvalue weighted by Gasteiger charge is -2.46. The van der Waals surface area contributed by atoms with Crippen LogP contribution < -0.4 is 5.32 Å². The van der Waals surface area contributed by atoms with Crippen LogP contribution in [0.4, 0.5) is 0 Å². The van der Waals surface area contributed by atoms with Crippen LogP contribution in [-0.2, 0) is 23.7 Å². The monoisotopic (exact) mass is 874 g/mol. The third-order valence-electron chi connectivity index (χ3n) is 11.9. The molecular formula is C47H87NO13. The van der Waals surface area contributed by atoms with E-state index in [1.54, 1.807) is 6.08 Å². The lowest BCUT2D eigenvalue weighted by Crippen LogP contribution is -2.65. The Hall–Kier alpha value is -1.53. The third kappa shape index (κ3) is 22.8. The van der Waals surface area contributed by atoms with E-state index in [-0.39, 0.29) is 18.9 Å². The average molecular weight is 874 g/mol. The van der Waals surface area contributed by atoms with Crippen LogP contribution in [0.25, 0.3) is 0 Å². The molecule has 2 aliphatic rings. The van der Waals surface area contributed by atoms with Crippen molar-refractivity contribution in [1.82, 2.24) is 5.32 Å². The van der Waals surface area contributed by atoms with Gasteiger partial charge in [0.25, 0.3) is 0 Å². The van der Waals surface area contributed by atoms with E-state index in [0.29, 0.717) is 6.42 Å². The molecule has 0 aromatic carbocycles. The molecule has 14 heteroatoms. The normalized spacial score (nSPS) is 28.2. The van der Waals surface area contributed by atoms with Gasteiger partial charge < -0.3 is 65.1 Å². The minimum absolute atomic E-state index is 0.250. The maximum absolute atomic E-state index is 13.0. The Morgan fingerprint density at radius 3 is 1.59 bits per heavy atom. The molecular weight excluding hydrogens is 787 g/mol. The van der Waals surface area contributed by atoms with Crippen LogP contribution >= 0.6 is 0 Å². The van der Waals surface area contributed by atoms with Crippen LogP contribution in [0.1, 0.15) is 174 Å². The van der Waals surface area contributed by atoms with Gasteiger partial charge >= 0.3 is 0 Å². The zero-order valence-corrected chi connectivity index (χ0v) is 37.7. The summed E-state index contributed by atoms with van der Waals surface area (Å²) < 4.78 is 22.5. The number of hydrogen-bond acceptors (Lipinski definition) is 13. The molecule has 0 radical (unpaired) electrons. The maximum atomic E-state index is 13.0. The number of nitrogens with one attached hydrogen (secondary N) is 1. The summed E-state index contributed by atoms with van der Waals surface area (Å²) in [6.45, 7) is 2.61. The summed E-state index contributed by atoms with van der Waals surface area (Å²) in [5, 5.41) is 85.9. The fraction of sp³-hybridized carbons (Fsp3) is 0.894. The number of unbranched alkanes of at least 4 members (excludes halogenated alkanes) is 21. The van der Waals surface area contributed by atoms with Gasteiger partial charge in [-0.25, -0.2) is 0 Å². The summed E-state index contributed by atoms with van der Waals surface area (Å²) >= 11 is 0. The highest BCUT2D eigenvalue weighted by molar-refractivity contribution is 5.76. The van der Waals surface area contributed by atoms with Crippen molar-refractivity contribution in [3.63, 3.8) is 0 Å². The van der Waals surface area contributed by atoms with Crippen molar-refractivity contribution in [2.45, 2.75) is 248 Å². The van der Waals surface area contributed by atoms with E-state index < -0.39 is 86.8 Å². The molecule has 2 saturated heterocycles. The zero-order valence-electron chi connectivity index (χ0n) is 37.7. The summed E-state index contributed by atoms with van der Waals surface area (Å²) in [5.74, 6) is -0.250. The summed E-state index contributed by atoms with van der Waals surface area (Å²) in [6.07, 6.45) is 20.3. The summed E-state index contributed by atoms with van der Waals surface area (Å²) in [4.78, 5) is 13.0. The molecule has 14 nitrogen and oxygen atoms in total. The quantitative estimate of drug-likeness (QED) is 0.0285.